The second kappa shape index (κ2) is 6.30. The fraction of sp³-hybridized carbons (Fsp3) is 0.143. The third kappa shape index (κ3) is 7.86. The minimum absolute atomic E-state index is 1.34. The van der Waals surface area contributed by atoms with Crippen molar-refractivity contribution in [3.05, 3.63) is 29.8 Å². The molecule has 0 aromatic heterocycles. The maximum absolute atomic E-state index is 7.17. The summed E-state index contributed by atoms with van der Waals surface area (Å²) in [7, 11) is -2.17. The van der Waals surface area contributed by atoms with E-state index in [9.17, 15) is 0 Å². The summed E-state index contributed by atoms with van der Waals surface area (Å²) >= 11 is 2.10. The van der Waals surface area contributed by atoms with Crippen LogP contribution in [-0.2, 0) is 0 Å². The molecule has 60 valence electrons. The van der Waals surface area contributed by atoms with Crippen molar-refractivity contribution in [3.8, 4) is 0 Å². The van der Waals surface area contributed by atoms with Gasteiger partial charge in [-0.15, -0.1) is 0 Å². The zero-order valence-corrected chi connectivity index (χ0v) is 7.23. The molecule has 0 saturated heterocycles. The van der Waals surface area contributed by atoms with Gasteiger partial charge in [0.1, 0.15) is 0 Å². The van der Waals surface area contributed by atoms with Crippen molar-refractivity contribution in [2.24, 2.45) is 0 Å². The maximum atomic E-state index is 7.17. The van der Waals surface area contributed by atoms with Gasteiger partial charge in [-0.05, 0) is 0 Å². The predicted molar refractivity (Wildman–Crippen MR) is 49.0 cm³/mol. The van der Waals surface area contributed by atoms with Crippen molar-refractivity contribution in [2.75, 3.05) is 0 Å². The van der Waals surface area contributed by atoms with Gasteiger partial charge >= 0.3 is 66.0 Å². The molecule has 5 heteroatoms. The molecule has 0 atom stereocenters. The molecule has 12 heavy (non-hydrogen) atoms. The van der Waals surface area contributed by atoms with Crippen LogP contribution in [0, 0.1) is 6.92 Å². The van der Waals surface area contributed by atoms with Crippen molar-refractivity contribution >= 4 is 29.3 Å². The van der Waals surface area contributed by atoms with Crippen molar-refractivity contribution in [3.63, 3.8) is 0 Å². The summed E-state index contributed by atoms with van der Waals surface area (Å²) in [5.41, 5.74) is 1.34. The molecule has 0 saturated carbocycles. The van der Waals surface area contributed by atoms with Crippen LogP contribution in [0.5, 0.6) is 0 Å². The van der Waals surface area contributed by atoms with E-state index in [2.05, 4.69) is 48.9 Å². The van der Waals surface area contributed by atoms with Gasteiger partial charge in [0.05, 0.1) is 0 Å². The fourth-order valence-electron chi connectivity index (χ4n) is 0.807. The molecule has 3 N–H and O–H groups in total. The monoisotopic (exact) mass is 160 g/mol. The number of hydrogen-bond donors (Lipinski definition) is 3. The van der Waals surface area contributed by atoms with E-state index in [4.69, 9.17) is 15.1 Å². The Hall–Kier alpha value is -0.238. The van der Waals surface area contributed by atoms with E-state index in [-0.39, 0.29) is 0 Å². The SMILES string of the molecule is OB(O)O.[Li][c]1cccc(C)c1. The van der Waals surface area contributed by atoms with Crippen LogP contribution in [0.2, 0.25) is 0 Å². The van der Waals surface area contributed by atoms with E-state index < -0.39 is 7.32 Å². The Kier molecular flexibility index (Phi) is 6.17. The summed E-state index contributed by atoms with van der Waals surface area (Å²) in [5, 5.41) is 21.5. The normalized spacial score (nSPS) is 8.50. The molecule has 0 fully saturated rings. The van der Waals surface area contributed by atoms with Crippen molar-refractivity contribution in [2.45, 2.75) is 6.92 Å². The van der Waals surface area contributed by atoms with Gasteiger partial charge in [-0.1, -0.05) is 0 Å². The Bertz CT molecular complexity index is 210. The Morgan fingerprint density at radius 1 is 1.25 bits per heavy atom. The average Bonchev–Trinajstić information content (AvgIpc) is 1.84. The molecule has 0 bridgehead atoms. The first kappa shape index (κ1) is 11.8. The van der Waals surface area contributed by atoms with Crippen LogP contribution >= 0.6 is 0 Å². The fourth-order valence-corrected chi connectivity index (χ4v) is 0.807. The Morgan fingerprint density at radius 2 is 1.75 bits per heavy atom. The number of aryl methyl sites for hydroxylation is 1. The molecule has 0 spiro atoms. The molecule has 1 aromatic carbocycles. The van der Waals surface area contributed by atoms with Gasteiger partial charge in [0, 0.05) is 0 Å². The van der Waals surface area contributed by atoms with Crippen LogP contribution in [0.1, 0.15) is 5.56 Å². The zero-order chi connectivity index (χ0) is 9.56. The van der Waals surface area contributed by atoms with Crippen LogP contribution in [0.25, 0.3) is 0 Å². The van der Waals surface area contributed by atoms with Crippen molar-refractivity contribution < 1.29 is 15.1 Å². The number of rotatable bonds is 0. The van der Waals surface area contributed by atoms with Gasteiger partial charge in [-0.25, -0.2) is 0 Å². The van der Waals surface area contributed by atoms with Crippen molar-refractivity contribution in [1.82, 2.24) is 0 Å². The molecule has 0 heterocycles. The summed E-state index contributed by atoms with van der Waals surface area (Å²) in [6.07, 6.45) is 0. The molecule has 0 amide bonds. The third-order valence-corrected chi connectivity index (χ3v) is 1.17. The molecule has 0 unspecified atom stereocenters. The van der Waals surface area contributed by atoms with Gasteiger partial charge in [-0.2, -0.15) is 0 Å². The molecule has 1 rings (SSSR count). The Balaban J connectivity index is 0.000000261. The molecule has 0 aliphatic heterocycles. The van der Waals surface area contributed by atoms with E-state index >= 15 is 0 Å². The van der Waals surface area contributed by atoms with Crippen LogP contribution in [0.3, 0.4) is 0 Å². The topological polar surface area (TPSA) is 60.7 Å². The molecule has 0 aliphatic rings. The minimum atomic E-state index is -2.17. The quantitative estimate of drug-likeness (QED) is 0.415. The van der Waals surface area contributed by atoms with Crippen LogP contribution < -0.4 is 4.24 Å². The number of hydrogen-bond acceptors (Lipinski definition) is 3. The summed E-state index contributed by atoms with van der Waals surface area (Å²) < 4.78 is 1.34. The molecular weight excluding hydrogens is 150 g/mol. The Labute approximate surface area is 81.4 Å². The van der Waals surface area contributed by atoms with E-state index in [0.717, 1.165) is 0 Å². The summed E-state index contributed by atoms with van der Waals surface area (Å²) in [6.45, 7) is 2.10. The zero-order valence-electron chi connectivity index (χ0n) is 7.23. The van der Waals surface area contributed by atoms with E-state index in [1.54, 1.807) is 0 Å². The molecule has 0 radical (unpaired) electrons. The molecule has 3 nitrogen and oxygen atoms in total. The first-order valence-electron chi connectivity index (χ1n) is 3.60. The first-order chi connectivity index (χ1) is 5.52. The van der Waals surface area contributed by atoms with Crippen LogP contribution in [0.4, 0.5) is 0 Å². The predicted octanol–water partition coefficient (Wildman–Crippen LogP) is -1.26. The third-order valence-electron chi connectivity index (χ3n) is 1.17. The number of benzene rings is 1. The summed E-state index contributed by atoms with van der Waals surface area (Å²) in [5.74, 6) is 0. The van der Waals surface area contributed by atoms with Gasteiger partial charge in [0.25, 0.3) is 0 Å². The van der Waals surface area contributed by atoms with E-state index in [1.807, 2.05) is 0 Å². The van der Waals surface area contributed by atoms with E-state index in [0.29, 0.717) is 0 Å². The second-order valence-corrected chi connectivity index (χ2v) is 2.50. The van der Waals surface area contributed by atoms with E-state index in [1.165, 1.54) is 9.80 Å². The van der Waals surface area contributed by atoms with Gasteiger partial charge < -0.3 is 15.1 Å². The van der Waals surface area contributed by atoms with Crippen molar-refractivity contribution in [1.29, 1.82) is 0 Å². The summed E-state index contributed by atoms with van der Waals surface area (Å²) in [6, 6.07) is 8.45. The van der Waals surface area contributed by atoms with Crippen LogP contribution in [-0.4, -0.2) is 40.1 Å². The average molecular weight is 160 g/mol. The van der Waals surface area contributed by atoms with Gasteiger partial charge in [0.15, 0.2) is 0 Å². The standard InChI is InChI=1S/C7H7.BH3O3.Li/c1-7-5-3-2-4-6-7;2-1(3)4;/h2-3,5-6H,1H3;2-4H;. The van der Waals surface area contributed by atoms with Gasteiger partial charge in [0.2, 0.25) is 0 Å². The second-order valence-electron chi connectivity index (χ2n) is 2.50. The van der Waals surface area contributed by atoms with Crippen LogP contribution in [0.15, 0.2) is 24.3 Å². The summed E-state index contributed by atoms with van der Waals surface area (Å²) in [4.78, 5) is 0. The Morgan fingerprint density at radius 3 is 2.00 bits per heavy atom. The molecular formula is C7H10BLiO3. The molecule has 1 aromatic rings. The van der Waals surface area contributed by atoms with Gasteiger partial charge in [-0.3, -0.25) is 0 Å². The first-order valence-corrected chi connectivity index (χ1v) is 3.60. The molecule has 0 aliphatic carbocycles.